The van der Waals surface area contributed by atoms with Crippen LogP contribution in [0.3, 0.4) is 0 Å². The van der Waals surface area contributed by atoms with Gasteiger partial charge in [-0.1, -0.05) is 78.5 Å². The van der Waals surface area contributed by atoms with Gasteiger partial charge in [0.05, 0.1) is 12.7 Å². The summed E-state index contributed by atoms with van der Waals surface area (Å²) in [5.41, 5.74) is 3.06. The number of rotatable bonds is 18. The second-order valence-electron chi connectivity index (χ2n) is 10.0. The van der Waals surface area contributed by atoms with Gasteiger partial charge in [-0.2, -0.15) is 0 Å². The molecule has 1 unspecified atom stereocenters. The van der Waals surface area contributed by atoms with Crippen molar-refractivity contribution in [2.45, 2.75) is 57.7 Å². The molecule has 0 fully saturated rings. The minimum Gasteiger partial charge on any atom is -0.508 e. The number of aryl methyl sites for hydroxylation is 1. The van der Waals surface area contributed by atoms with E-state index in [2.05, 4.69) is 35.6 Å². The molecule has 0 aromatic heterocycles. The van der Waals surface area contributed by atoms with Crippen molar-refractivity contribution in [3.05, 3.63) is 105 Å². The molecule has 9 heteroatoms. The smallest absolute Gasteiger partial charge is 0.328 e. The number of halogens is 2. The molecule has 1 atom stereocenters. The lowest BCUT2D eigenvalue weighted by atomic mass is 10.1. The lowest BCUT2D eigenvalue weighted by molar-refractivity contribution is -0.131. The Morgan fingerprint density at radius 3 is 2.23 bits per heavy atom. The van der Waals surface area contributed by atoms with Gasteiger partial charge >= 0.3 is 5.97 Å². The number of aliphatic hydroxyl groups excluding tert-OH is 2. The molecule has 3 aromatic carbocycles. The number of aromatic hydroxyl groups is 1. The zero-order valence-electron chi connectivity index (χ0n) is 24.4. The van der Waals surface area contributed by atoms with E-state index in [0.29, 0.717) is 33.3 Å². The van der Waals surface area contributed by atoms with Crippen LogP contribution in [0.2, 0.25) is 10.0 Å². The molecular formula is C34H43Cl2NO6. The van der Waals surface area contributed by atoms with Crippen molar-refractivity contribution >= 4 is 35.2 Å². The van der Waals surface area contributed by atoms with Crippen molar-refractivity contribution in [1.29, 1.82) is 0 Å². The molecule has 3 aromatic rings. The summed E-state index contributed by atoms with van der Waals surface area (Å²) >= 11 is 11.6. The van der Waals surface area contributed by atoms with Gasteiger partial charge in [0, 0.05) is 47.0 Å². The molecule has 0 amide bonds. The highest BCUT2D eigenvalue weighted by molar-refractivity contribution is 6.37. The number of unbranched alkanes of at least 4 members (excludes halogenated alkanes) is 4. The SMILES string of the molecule is O=C(O)C=Cc1c(Cl)cccc1Cl.OCc1cc(C(O)CNCCCCCCOCCCCc2ccccc2)ccc1O. The third-order valence-corrected chi connectivity index (χ3v) is 7.29. The van der Waals surface area contributed by atoms with E-state index in [1.54, 1.807) is 30.3 Å². The van der Waals surface area contributed by atoms with Crippen molar-refractivity contribution in [2.75, 3.05) is 26.3 Å². The highest BCUT2D eigenvalue weighted by atomic mass is 35.5. The largest absolute Gasteiger partial charge is 0.508 e. The predicted molar refractivity (Wildman–Crippen MR) is 174 cm³/mol. The van der Waals surface area contributed by atoms with E-state index >= 15 is 0 Å². The van der Waals surface area contributed by atoms with Gasteiger partial charge < -0.3 is 30.5 Å². The van der Waals surface area contributed by atoms with Gasteiger partial charge in [-0.3, -0.25) is 0 Å². The molecule has 0 bridgehead atoms. The van der Waals surface area contributed by atoms with E-state index in [9.17, 15) is 20.1 Å². The Labute approximate surface area is 264 Å². The number of carbonyl (C=O) groups is 1. The summed E-state index contributed by atoms with van der Waals surface area (Å²) < 4.78 is 5.72. The summed E-state index contributed by atoms with van der Waals surface area (Å²) in [6.45, 7) is 2.77. The van der Waals surface area contributed by atoms with Gasteiger partial charge in [0.15, 0.2) is 0 Å². The molecule has 0 aliphatic rings. The topological polar surface area (TPSA) is 119 Å². The number of benzene rings is 3. The number of nitrogens with one attached hydrogen (secondary N) is 1. The number of hydrogen-bond acceptors (Lipinski definition) is 6. The fourth-order valence-electron chi connectivity index (χ4n) is 4.21. The molecule has 0 spiro atoms. The summed E-state index contributed by atoms with van der Waals surface area (Å²) in [5.74, 6) is -0.978. The molecule has 0 aliphatic carbocycles. The zero-order chi connectivity index (χ0) is 31.3. The van der Waals surface area contributed by atoms with E-state index in [4.69, 9.17) is 33.0 Å². The Hall–Kier alpha value is -2.91. The van der Waals surface area contributed by atoms with E-state index in [0.717, 1.165) is 64.4 Å². The van der Waals surface area contributed by atoms with Crippen LogP contribution in [-0.2, 0) is 22.6 Å². The Balaban J connectivity index is 0.000000413. The second kappa shape index (κ2) is 21.7. The maximum atomic E-state index is 10.2. The lowest BCUT2D eigenvalue weighted by Crippen LogP contribution is -2.22. The third kappa shape index (κ3) is 15.4. The van der Waals surface area contributed by atoms with Gasteiger partial charge in [0.2, 0.25) is 0 Å². The first kappa shape index (κ1) is 36.3. The van der Waals surface area contributed by atoms with Gasteiger partial charge in [0.1, 0.15) is 5.75 Å². The molecule has 234 valence electrons. The van der Waals surface area contributed by atoms with Crippen LogP contribution in [0.4, 0.5) is 0 Å². The average molecular weight is 633 g/mol. The summed E-state index contributed by atoms with van der Waals surface area (Å²) in [6.07, 6.45) is 9.60. The second-order valence-corrected chi connectivity index (χ2v) is 10.9. The van der Waals surface area contributed by atoms with Crippen molar-refractivity contribution < 1.29 is 30.0 Å². The van der Waals surface area contributed by atoms with Crippen LogP contribution in [0.25, 0.3) is 6.08 Å². The Kier molecular flexibility index (Phi) is 18.3. The zero-order valence-corrected chi connectivity index (χ0v) is 25.9. The minimum absolute atomic E-state index is 0.0533. The van der Waals surface area contributed by atoms with Crippen LogP contribution in [-0.4, -0.2) is 52.7 Å². The lowest BCUT2D eigenvalue weighted by Gasteiger charge is -2.14. The highest BCUT2D eigenvalue weighted by Crippen LogP contribution is 2.25. The van der Waals surface area contributed by atoms with E-state index in [-0.39, 0.29) is 12.4 Å². The maximum absolute atomic E-state index is 10.2. The summed E-state index contributed by atoms with van der Waals surface area (Å²) in [5, 5.41) is 41.5. The number of hydrogen-bond donors (Lipinski definition) is 5. The molecule has 0 saturated carbocycles. The normalized spacial score (nSPS) is 11.7. The van der Waals surface area contributed by atoms with Crippen LogP contribution < -0.4 is 5.32 Å². The summed E-state index contributed by atoms with van der Waals surface area (Å²) in [4.78, 5) is 10.2. The van der Waals surface area contributed by atoms with Crippen LogP contribution >= 0.6 is 23.2 Å². The van der Waals surface area contributed by atoms with Crippen molar-refractivity contribution in [3.63, 3.8) is 0 Å². The molecule has 0 saturated heterocycles. The predicted octanol–water partition coefficient (Wildman–Crippen LogP) is 7.20. The molecule has 7 nitrogen and oxygen atoms in total. The molecule has 43 heavy (non-hydrogen) atoms. The van der Waals surface area contributed by atoms with E-state index in [1.165, 1.54) is 24.1 Å². The molecule has 3 rings (SSSR count). The number of carboxylic acids is 1. The minimum atomic E-state index is -1.03. The first-order valence-electron chi connectivity index (χ1n) is 14.6. The summed E-state index contributed by atoms with van der Waals surface area (Å²) in [7, 11) is 0. The monoisotopic (exact) mass is 631 g/mol. The summed E-state index contributed by atoms with van der Waals surface area (Å²) in [6, 6.07) is 20.4. The maximum Gasteiger partial charge on any atom is 0.328 e. The van der Waals surface area contributed by atoms with Gasteiger partial charge in [-0.25, -0.2) is 4.79 Å². The van der Waals surface area contributed by atoms with Crippen LogP contribution in [0.1, 0.15) is 66.9 Å². The van der Waals surface area contributed by atoms with Crippen LogP contribution in [0.15, 0.2) is 72.8 Å². The van der Waals surface area contributed by atoms with Crippen molar-refractivity contribution in [3.8, 4) is 5.75 Å². The van der Waals surface area contributed by atoms with E-state index < -0.39 is 12.1 Å². The standard InChI is InChI=1S/C25H37NO4.C9H6Cl2O2/c27-20-23-18-22(13-14-24(23)28)25(29)19-26-15-7-1-2-8-16-30-17-9-6-12-21-10-4-3-5-11-21;10-7-2-1-3-8(11)6(7)4-5-9(12)13/h3-5,10-11,13-14,18,25-29H,1-2,6-9,12,15-17,19-20H2;1-5H,(H,12,13). The Bertz CT molecular complexity index is 1220. The number of ether oxygens (including phenoxy) is 1. The fourth-order valence-corrected chi connectivity index (χ4v) is 4.73. The average Bonchev–Trinajstić information content (AvgIpc) is 3.00. The van der Waals surface area contributed by atoms with Crippen molar-refractivity contribution in [2.24, 2.45) is 0 Å². The molecule has 0 radical (unpaired) electrons. The number of phenols is 1. The van der Waals surface area contributed by atoms with Crippen LogP contribution in [0.5, 0.6) is 5.75 Å². The van der Waals surface area contributed by atoms with Gasteiger partial charge in [0.25, 0.3) is 0 Å². The van der Waals surface area contributed by atoms with E-state index in [1.807, 2.05) is 0 Å². The molecular weight excluding hydrogens is 589 g/mol. The Morgan fingerprint density at radius 1 is 0.884 bits per heavy atom. The van der Waals surface area contributed by atoms with Crippen LogP contribution in [0, 0.1) is 0 Å². The Morgan fingerprint density at radius 2 is 1.56 bits per heavy atom. The molecule has 0 aliphatic heterocycles. The quantitative estimate of drug-likeness (QED) is 0.0744. The first-order chi connectivity index (χ1) is 20.8. The highest BCUT2D eigenvalue weighted by Gasteiger charge is 2.10. The van der Waals surface area contributed by atoms with Gasteiger partial charge in [-0.15, -0.1) is 0 Å². The van der Waals surface area contributed by atoms with Crippen molar-refractivity contribution in [1.82, 2.24) is 5.32 Å². The fraction of sp³-hybridized carbons (Fsp3) is 0.382. The third-order valence-electron chi connectivity index (χ3n) is 6.63. The first-order valence-corrected chi connectivity index (χ1v) is 15.4. The molecule has 0 heterocycles. The number of aliphatic hydroxyl groups is 2. The number of aliphatic carboxylic acids is 1. The van der Waals surface area contributed by atoms with Gasteiger partial charge in [-0.05, 0) is 80.1 Å². The molecule has 5 N–H and O–H groups in total. The number of carboxylic acid groups (broad SMARTS) is 1.